The standard InChI is InChI=1S/C16H21N3O/c1-4-12(2)15(13-8-6-5-7-9-13)16(20)17-14-10-11-19(3)18-14/h5-12,15H,4H2,1-3H3,(H,17,18,20)/t12-,15-/m1/s1. The van der Waals surface area contributed by atoms with Gasteiger partial charge in [-0.3, -0.25) is 9.48 Å². The molecule has 1 heterocycles. The number of nitrogens with zero attached hydrogens (tertiary/aromatic N) is 2. The van der Waals surface area contributed by atoms with Gasteiger partial charge in [0.2, 0.25) is 5.91 Å². The molecule has 106 valence electrons. The molecule has 0 saturated carbocycles. The Morgan fingerprint density at radius 3 is 2.55 bits per heavy atom. The predicted octanol–water partition coefficient (Wildman–Crippen LogP) is 3.19. The van der Waals surface area contributed by atoms with Crippen LogP contribution in [0.3, 0.4) is 0 Å². The van der Waals surface area contributed by atoms with E-state index in [0.29, 0.717) is 5.82 Å². The number of anilines is 1. The summed E-state index contributed by atoms with van der Waals surface area (Å²) < 4.78 is 1.68. The largest absolute Gasteiger partial charge is 0.309 e. The second kappa shape index (κ2) is 6.37. The van der Waals surface area contributed by atoms with Crippen LogP contribution in [0.25, 0.3) is 0 Å². The van der Waals surface area contributed by atoms with Crippen molar-refractivity contribution in [2.75, 3.05) is 5.32 Å². The lowest BCUT2D eigenvalue weighted by atomic mass is 9.85. The Bertz CT molecular complexity index is 562. The highest BCUT2D eigenvalue weighted by atomic mass is 16.2. The van der Waals surface area contributed by atoms with Crippen LogP contribution in [0.15, 0.2) is 42.6 Å². The molecule has 2 rings (SSSR count). The van der Waals surface area contributed by atoms with Crippen LogP contribution in [0.1, 0.15) is 31.7 Å². The van der Waals surface area contributed by atoms with E-state index >= 15 is 0 Å². The number of hydrogen-bond acceptors (Lipinski definition) is 2. The maximum atomic E-state index is 12.6. The summed E-state index contributed by atoms with van der Waals surface area (Å²) in [5.74, 6) is 0.732. The van der Waals surface area contributed by atoms with E-state index in [4.69, 9.17) is 0 Å². The third-order valence-electron chi connectivity index (χ3n) is 3.62. The molecule has 0 spiro atoms. The highest BCUT2D eigenvalue weighted by Crippen LogP contribution is 2.28. The summed E-state index contributed by atoms with van der Waals surface area (Å²) in [6.45, 7) is 4.21. The van der Waals surface area contributed by atoms with Gasteiger partial charge in [0.05, 0.1) is 5.92 Å². The normalized spacial score (nSPS) is 13.8. The smallest absolute Gasteiger partial charge is 0.233 e. The summed E-state index contributed by atoms with van der Waals surface area (Å²) in [6, 6.07) is 11.7. The Balaban J connectivity index is 2.20. The van der Waals surface area contributed by atoms with Gasteiger partial charge in [0.1, 0.15) is 0 Å². The SMILES string of the molecule is CC[C@@H](C)[C@@H](C(=O)Nc1ccn(C)n1)c1ccccc1. The van der Waals surface area contributed by atoms with Crippen LogP contribution in [-0.4, -0.2) is 15.7 Å². The van der Waals surface area contributed by atoms with Crippen molar-refractivity contribution in [3.8, 4) is 0 Å². The van der Waals surface area contributed by atoms with E-state index in [0.717, 1.165) is 12.0 Å². The molecule has 4 nitrogen and oxygen atoms in total. The van der Waals surface area contributed by atoms with Crippen molar-refractivity contribution < 1.29 is 4.79 Å². The Morgan fingerprint density at radius 1 is 1.30 bits per heavy atom. The molecule has 0 unspecified atom stereocenters. The number of amides is 1. The Labute approximate surface area is 119 Å². The van der Waals surface area contributed by atoms with Crippen LogP contribution in [0.4, 0.5) is 5.82 Å². The average molecular weight is 271 g/mol. The number of nitrogens with one attached hydrogen (secondary N) is 1. The van der Waals surface area contributed by atoms with E-state index < -0.39 is 0 Å². The fraction of sp³-hybridized carbons (Fsp3) is 0.375. The minimum atomic E-state index is -0.150. The lowest BCUT2D eigenvalue weighted by Gasteiger charge is -2.22. The maximum Gasteiger partial charge on any atom is 0.233 e. The van der Waals surface area contributed by atoms with Crippen LogP contribution >= 0.6 is 0 Å². The third-order valence-corrected chi connectivity index (χ3v) is 3.62. The van der Waals surface area contributed by atoms with Gasteiger partial charge >= 0.3 is 0 Å². The number of aryl methyl sites for hydroxylation is 1. The van der Waals surface area contributed by atoms with E-state index in [1.807, 2.05) is 43.6 Å². The molecular formula is C16H21N3O. The monoisotopic (exact) mass is 271 g/mol. The molecular weight excluding hydrogens is 250 g/mol. The molecule has 0 aliphatic heterocycles. The van der Waals surface area contributed by atoms with Gasteiger partial charge in [-0.05, 0) is 11.5 Å². The van der Waals surface area contributed by atoms with Crippen molar-refractivity contribution in [3.05, 3.63) is 48.2 Å². The van der Waals surface area contributed by atoms with Crippen molar-refractivity contribution >= 4 is 11.7 Å². The van der Waals surface area contributed by atoms with Gasteiger partial charge in [-0.15, -0.1) is 0 Å². The maximum absolute atomic E-state index is 12.6. The minimum absolute atomic E-state index is 0.00394. The first-order valence-corrected chi connectivity index (χ1v) is 6.97. The number of benzene rings is 1. The van der Waals surface area contributed by atoms with Crippen LogP contribution in [-0.2, 0) is 11.8 Å². The summed E-state index contributed by atoms with van der Waals surface area (Å²) >= 11 is 0. The third kappa shape index (κ3) is 3.26. The van der Waals surface area contributed by atoms with E-state index in [-0.39, 0.29) is 17.7 Å². The van der Waals surface area contributed by atoms with Crippen molar-refractivity contribution in [1.82, 2.24) is 9.78 Å². The Morgan fingerprint density at radius 2 is 2.00 bits per heavy atom. The molecule has 2 atom stereocenters. The molecule has 20 heavy (non-hydrogen) atoms. The van der Waals surface area contributed by atoms with Gasteiger partial charge in [0, 0.05) is 19.3 Å². The van der Waals surface area contributed by atoms with E-state index in [1.165, 1.54) is 0 Å². The van der Waals surface area contributed by atoms with Crippen molar-refractivity contribution in [1.29, 1.82) is 0 Å². The van der Waals surface area contributed by atoms with Crippen molar-refractivity contribution in [2.45, 2.75) is 26.2 Å². The Kier molecular flexibility index (Phi) is 4.56. The second-order valence-electron chi connectivity index (χ2n) is 5.14. The number of hydrogen-bond donors (Lipinski definition) is 1. The predicted molar refractivity (Wildman–Crippen MR) is 80.5 cm³/mol. The van der Waals surface area contributed by atoms with E-state index in [9.17, 15) is 4.79 Å². The summed E-state index contributed by atoms with van der Waals surface area (Å²) in [5.41, 5.74) is 1.05. The van der Waals surface area contributed by atoms with Gasteiger partial charge in [-0.1, -0.05) is 50.6 Å². The van der Waals surface area contributed by atoms with Gasteiger partial charge in [-0.2, -0.15) is 5.10 Å². The molecule has 0 aliphatic carbocycles. The average Bonchev–Trinajstić information content (AvgIpc) is 2.85. The lowest BCUT2D eigenvalue weighted by Crippen LogP contribution is -2.26. The van der Waals surface area contributed by atoms with Crippen LogP contribution in [0, 0.1) is 5.92 Å². The molecule has 0 radical (unpaired) electrons. The summed E-state index contributed by atoms with van der Waals surface area (Å²) in [4.78, 5) is 12.6. The number of aromatic nitrogens is 2. The zero-order valence-corrected chi connectivity index (χ0v) is 12.2. The summed E-state index contributed by atoms with van der Waals surface area (Å²) in [6.07, 6.45) is 2.77. The quantitative estimate of drug-likeness (QED) is 0.907. The van der Waals surface area contributed by atoms with Crippen LogP contribution in [0.2, 0.25) is 0 Å². The number of carbonyl (C=O) groups excluding carboxylic acids is 1. The van der Waals surface area contributed by atoms with E-state index in [1.54, 1.807) is 10.7 Å². The molecule has 1 N–H and O–H groups in total. The molecule has 4 heteroatoms. The first-order valence-electron chi connectivity index (χ1n) is 6.97. The highest BCUT2D eigenvalue weighted by Gasteiger charge is 2.26. The van der Waals surface area contributed by atoms with Crippen molar-refractivity contribution in [3.63, 3.8) is 0 Å². The lowest BCUT2D eigenvalue weighted by molar-refractivity contribution is -0.118. The fourth-order valence-electron chi connectivity index (χ4n) is 2.32. The molecule has 0 saturated heterocycles. The Hall–Kier alpha value is -2.10. The van der Waals surface area contributed by atoms with Gasteiger partial charge in [0.15, 0.2) is 5.82 Å². The zero-order chi connectivity index (χ0) is 14.5. The summed E-state index contributed by atoms with van der Waals surface area (Å²) in [7, 11) is 1.83. The van der Waals surface area contributed by atoms with Crippen LogP contribution in [0.5, 0.6) is 0 Å². The molecule has 0 aliphatic rings. The molecule has 1 amide bonds. The highest BCUT2D eigenvalue weighted by molar-refractivity contribution is 5.95. The second-order valence-corrected chi connectivity index (χ2v) is 5.14. The van der Waals surface area contributed by atoms with E-state index in [2.05, 4.69) is 24.3 Å². The molecule has 2 aromatic rings. The first kappa shape index (κ1) is 14.3. The number of carbonyl (C=O) groups is 1. The molecule has 0 fully saturated rings. The zero-order valence-electron chi connectivity index (χ0n) is 12.2. The molecule has 1 aromatic carbocycles. The van der Waals surface area contributed by atoms with Crippen molar-refractivity contribution in [2.24, 2.45) is 13.0 Å². The van der Waals surface area contributed by atoms with Gasteiger partial charge < -0.3 is 5.32 Å². The topological polar surface area (TPSA) is 46.9 Å². The van der Waals surface area contributed by atoms with Gasteiger partial charge in [-0.25, -0.2) is 0 Å². The van der Waals surface area contributed by atoms with Gasteiger partial charge in [0.25, 0.3) is 0 Å². The fourth-order valence-corrected chi connectivity index (χ4v) is 2.32. The minimum Gasteiger partial charge on any atom is -0.309 e. The van der Waals surface area contributed by atoms with Crippen LogP contribution < -0.4 is 5.32 Å². The molecule has 1 aromatic heterocycles. The summed E-state index contributed by atoms with van der Waals surface area (Å²) in [5, 5.41) is 7.10. The first-order chi connectivity index (χ1) is 9.61. The molecule has 0 bridgehead atoms. The number of rotatable bonds is 5.